The van der Waals surface area contributed by atoms with Crippen molar-refractivity contribution < 1.29 is 14.6 Å². The average molecular weight is 255 g/mol. The summed E-state index contributed by atoms with van der Waals surface area (Å²) in [6.07, 6.45) is 0.454. The minimum Gasteiger partial charge on any atom is -0.396 e. The Kier molecular flexibility index (Phi) is 4.53. The normalized spacial score (nSPS) is 21.2. The SMILES string of the molecule is O=C(Cc1cccs1)N1CCOC[C@H](CO)C1. The number of amides is 1. The van der Waals surface area contributed by atoms with Crippen LogP contribution in [0.3, 0.4) is 0 Å². The lowest BCUT2D eigenvalue weighted by atomic mass is 10.1. The highest BCUT2D eigenvalue weighted by molar-refractivity contribution is 7.10. The second-order valence-electron chi connectivity index (χ2n) is 4.22. The average Bonchev–Trinajstić information content (AvgIpc) is 2.71. The smallest absolute Gasteiger partial charge is 0.227 e. The second-order valence-corrected chi connectivity index (χ2v) is 5.25. The molecule has 0 unspecified atom stereocenters. The lowest BCUT2D eigenvalue weighted by Gasteiger charge is -2.22. The molecule has 0 aromatic carbocycles. The van der Waals surface area contributed by atoms with E-state index in [0.29, 0.717) is 32.7 Å². The van der Waals surface area contributed by atoms with Gasteiger partial charge in [-0.15, -0.1) is 11.3 Å². The molecule has 1 amide bonds. The second kappa shape index (κ2) is 6.14. The molecule has 0 radical (unpaired) electrons. The van der Waals surface area contributed by atoms with Crippen LogP contribution < -0.4 is 0 Å². The fourth-order valence-electron chi connectivity index (χ4n) is 1.89. The highest BCUT2D eigenvalue weighted by Gasteiger charge is 2.22. The molecule has 1 aromatic rings. The highest BCUT2D eigenvalue weighted by atomic mass is 32.1. The molecule has 0 aliphatic carbocycles. The van der Waals surface area contributed by atoms with Crippen molar-refractivity contribution in [1.29, 1.82) is 0 Å². The predicted molar refractivity (Wildman–Crippen MR) is 66.0 cm³/mol. The van der Waals surface area contributed by atoms with E-state index in [-0.39, 0.29) is 18.4 Å². The molecule has 4 nitrogen and oxygen atoms in total. The van der Waals surface area contributed by atoms with Gasteiger partial charge in [-0.3, -0.25) is 4.79 Å². The summed E-state index contributed by atoms with van der Waals surface area (Å²) < 4.78 is 5.36. The first-order valence-electron chi connectivity index (χ1n) is 5.78. The zero-order valence-corrected chi connectivity index (χ0v) is 10.5. The van der Waals surface area contributed by atoms with Crippen LogP contribution in [0.2, 0.25) is 0 Å². The lowest BCUT2D eigenvalue weighted by Crippen LogP contribution is -2.37. The summed E-state index contributed by atoms with van der Waals surface area (Å²) in [5.41, 5.74) is 0. The molecule has 2 heterocycles. The number of rotatable bonds is 3. The molecular formula is C12H17NO3S. The maximum atomic E-state index is 12.1. The van der Waals surface area contributed by atoms with Gasteiger partial charge in [0.15, 0.2) is 0 Å². The van der Waals surface area contributed by atoms with Gasteiger partial charge >= 0.3 is 0 Å². The number of carbonyl (C=O) groups excluding carboxylic acids is 1. The Morgan fingerprint density at radius 1 is 1.65 bits per heavy atom. The largest absolute Gasteiger partial charge is 0.396 e. The van der Waals surface area contributed by atoms with Gasteiger partial charge < -0.3 is 14.7 Å². The van der Waals surface area contributed by atoms with E-state index in [4.69, 9.17) is 9.84 Å². The van der Waals surface area contributed by atoms with Crippen LogP contribution in [0.15, 0.2) is 17.5 Å². The molecule has 1 aliphatic rings. The number of nitrogens with zero attached hydrogens (tertiary/aromatic N) is 1. The molecule has 0 saturated carbocycles. The van der Waals surface area contributed by atoms with Gasteiger partial charge in [0.1, 0.15) is 0 Å². The van der Waals surface area contributed by atoms with E-state index in [2.05, 4.69) is 0 Å². The Bertz CT molecular complexity index is 353. The minimum atomic E-state index is 0.0461. The van der Waals surface area contributed by atoms with Crippen molar-refractivity contribution in [1.82, 2.24) is 4.90 Å². The maximum Gasteiger partial charge on any atom is 0.227 e. The molecule has 0 spiro atoms. The quantitative estimate of drug-likeness (QED) is 0.867. The number of aliphatic hydroxyl groups excluding tert-OH is 1. The van der Waals surface area contributed by atoms with E-state index in [0.717, 1.165) is 4.88 Å². The lowest BCUT2D eigenvalue weighted by molar-refractivity contribution is -0.130. The van der Waals surface area contributed by atoms with Gasteiger partial charge in [-0.1, -0.05) is 6.07 Å². The number of hydrogen-bond donors (Lipinski definition) is 1. The molecule has 1 fully saturated rings. The fourth-order valence-corrected chi connectivity index (χ4v) is 2.59. The summed E-state index contributed by atoms with van der Waals surface area (Å²) in [5, 5.41) is 11.1. The molecular weight excluding hydrogens is 238 g/mol. The maximum absolute atomic E-state index is 12.1. The summed E-state index contributed by atoms with van der Waals surface area (Å²) >= 11 is 1.60. The predicted octanol–water partition coefficient (Wildman–Crippen LogP) is 0.758. The molecule has 2 rings (SSSR count). The van der Waals surface area contributed by atoms with Crippen LogP contribution in [0.4, 0.5) is 0 Å². The first-order valence-corrected chi connectivity index (χ1v) is 6.66. The van der Waals surface area contributed by atoms with Crippen LogP contribution >= 0.6 is 11.3 Å². The summed E-state index contributed by atoms with van der Waals surface area (Å²) in [6.45, 7) is 2.40. The van der Waals surface area contributed by atoms with Gasteiger partial charge in [0, 0.05) is 30.5 Å². The Balaban J connectivity index is 1.93. The van der Waals surface area contributed by atoms with Gasteiger partial charge in [0.2, 0.25) is 5.91 Å². The summed E-state index contributed by atoms with van der Waals surface area (Å²) in [5.74, 6) is 0.168. The van der Waals surface area contributed by atoms with E-state index in [9.17, 15) is 4.79 Å². The third kappa shape index (κ3) is 3.52. The van der Waals surface area contributed by atoms with Crippen molar-refractivity contribution in [3.05, 3.63) is 22.4 Å². The van der Waals surface area contributed by atoms with Gasteiger partial charge in [0.25, 0.3) is 0 Å². The third-order valence-corrected chi connectivity index (χ3v) is 3.73. The van der Waals surface area contributed by atoms with Crippen LogP contribution in [0, 0.1) is 5.92 Å². The van der Waals surface area contributed by atoms with Crippen molar-refractivity contribution in [2.75, 3.05) is 32.9 Å². The molecule has 94 valence electrons. The monoisotopic (exact) mass is 255 g/mol. The molecule has 1 saturated heterocycles. The Morgan fingerprint density at radius 3 is 3.24 bits per heavy atom. The molecule has 0 bridgehead atoms. The number of carbonyl (C=O) groups is 1. The number of hydrogen-bond acceptors (Lipinski definition) is 4. The van der Waals surface area contributed by atoms with Gasteiger partial charge in [0.05, 0.1) is 19.6 Å². The van der Waals surface area contributed by atoms with Gasteiger partial charge in [-0.05, 0) is 11.4 Å². The molecule has 1 N–H and O–H groups in total. The van der Waals surface area contributed by atoms with Crippen molar-refractivity contribution in [2.24, 2.45) is 5.92 Å². The van der Waals surface area contributed by atoms with Gasteiger partial charge in [-0.2, -0.15) is 0 Å². The highest BCUT2D eigenvalue weighted by Crippen LogP contribution is 2.13. The third-order valence-electron chi connectivity index (χ3n) is 2.85. The van der Waals surface area contributed by atoms with Crippen molar-refractivity contribution in [3.63, 3.8) is 0 Å². The van der Waals surface area contributed by atoms with Crippen LogP contribution in [0.1, 0.15) is 4.88 Å². The van der Waals surface area contributed by atoms with E-state index < -0.39 is 0 Å². The zero-order chi connectivity index (χ0) is 12.1. The first kappa shape index (κ1) is 12.5. The number of aliphatic hydroxyl groups is 1. The Hall–Kier alpha value is -0.910. The van der Waals surface area contributed by atoms with Crippen LogP contribution in [0.5, 0.6) is 0 Å². The zero-order valence-electron chi connectivity index (χ0n) is 9.67. The molecule has 5 heteroatoms. The molecule has 1 atom stereocenters. The van der Waals surface area contributed by atoms with Crippen molar-refractivity contribution in [2.45, 2.75) is 6.42 Å². The Labute approximate surface area is 105 Å². The minimum absolute atomic E-state index is 0.0461. The van der Waals surface area contributed by atoms with Crippen LogP contribution in [0.25, 0.3) is 0 Å². The number of thiophene rings is 1. The summed E-state index contributed by atoms with van der Waals surface area (Å²) in [6, 6.07) is 3.93. The topological polar surface area (TPSA) is 49.8 Å². The first-order chi connectivity index (χ1) is 8.29. The van der Waals surface area contributed by atoms with E-state index in [1.54, 1.807) is 16.2 Å². The molecule has 1 aliphatic heterocycles. The number of ether oxygens (including phenoxy) is 1. The summed E-state index contributed by atoms with van der Waals surface area (Å²) in [4.78, 5) is 15.0. The molecule has 1 aromatic heterocycles. The van der Waals surface area contributed by atoms with Gasteiger partial charge in [-0.25, -0.2) is 0 Å². The van der Waals surface area contributed by atoms with Crippen molar-refractivity contribution in [3.8, 4) is 0 Å². The molecule has 17 heavy (non-hydrogen) atoms. The van der Waals surface area contributed by atoms with Crippen LogP contribution in [-0.2, 0) is 16.0 Å². The standard InChI is InChI=1S/C12H17NO3S/c14-8-10-7-13(3-4-16-9-10)12(15)6-11-2-1-5-17-11/h1-2,5,10,14H,3-4,6-9H2/t10-/m0/s1. The van der Waals surface area contributed by atoms with E-state index >= 15 is 0 Å². The van der Waals surface area contributed by atoms with E-state index in [1.807, 2.05) is 17.5 Å². The fraction of sp³-hybridized carbons (Fsp3) is 0.583. The van der Waals surface area contributed by atoms with Crippen LogP contribution in [-0.4, -0.2) is 48.8 Å². The Morgan fingerprint density at radius 2 is 2.53 bits per heavy atom. The van der Waals surface area contributed by atoms with E-state index in [1.165, 1.54) is 0 Å². The summed E-state index contributed by atoms with van der Waals surface area (Å²) in [7, 11) is 0. The van der Waals surface area contributed by atoms with Crippen molar-refractivity contribution >= 4 is 17.2 Å².